The largest absolute Gasteiger partial charge is 0.381 e. The quantitative estimate of drug-likeness (QED) is 0.819. The second kappa shape index (κ2) is 6.36. The zero-order valence-corrected chi connectivity index (χ0v) is 12.2. The molecule has 0 aromatic rings. The van der Waals surface area contributed by atoms with Gasteiger partial charge in [-0.15, -0.1) is 0 Å². The van der Waals surface area contributed by atoms with E-state index in [1.807, 2.05) is 0 Å². The number of hydrogen-bond donors (Lipinski definition) is 1. The van der Waals surface area contributed by atoms with Gasteiger partial charge in [-0.05, 0) is 39.2 Å². The first-order valence-electron chi connectivity index (χ1n) is 7.77. The Morgan fingerprint density at radius 1 is 1.33 bits per heavy atom. The van der Waals surface area contributed by atoms with Gasteiger partial charge in [0.25, 0.3) is 0 Å². The van der Waals surface area contributed by atoms with Gasteiger partial charge >= 0.3 is 0 Å². The number of rotatable bonds is 5. The van der Waals surface area contributed by atoms with Crippen molar-refractivity contribution in [1.29, 1.82) is 0 Å². The fourth-order valence-corrected chi connectivity index (χ4v) is 3.85. The monoisotopic (exact) mass is 254 g/mol. The molecule has 2 heterocycles. The van der Waals surface area contributed by atoms with Crippen molar-refractivity contribution in [3.63, 3.8) is 0 Å². The minimum Gasteiger partial charge on any atom is -0.381 e. The summed E-state index contributed by atoms with van der Waals surface area (Å²) < 4.78 is 5.61. The normalized spacial score (nSPS) is 33.5. The van der Waals surface area contributed by atoms with Crippen LogP contribution in [-0.2, 0) is 4.74 Å². The summed E-state index contributed by atoms with van der Waals surface area (Å²) in [6.07, 6.45) is 7.87. The molecule has 3 nitrogen and oxygen atoms in total. The van der Waals surface area contributed by atoms with Crippen molar-refractivity contribution in [1.82, 2.24) is 4.90 Å². The predicted octanol–water partition coefficient (Wildman–Crippen LogP) is 2.39. The summed E-state index contributed by atoms with van der Waals surface area (Å²) in [5.74, 6) is 0.625. The van der Waals surface area contributed by atoms with E-state index in [1.54, 1.807) is 0 Å². The van der Waals surface area contributed by atoms with E-state index in [0.717, 1.165) is 25.8 Å². The van der Waals surface area contributed by atoms with E-state index in [-0.39, 0.29) is 5.54 Å². The third kappa shape index (κ3) is 2.73. The molecule has 0 aliphatic carbocycles. The van der Waals surface area contributed by atoms with Gasteiger partial charge in [0.15, 0.2) is 0 Å². The maximum atomic E-state index is 6.18. The average molecular weight is 254 g/mol. The molecule has 0 aromatic carbocycles. The summed E-state index contributed by atoms with van der Waals surface area (Å²) >= 11 is 0. The zero-order valence-electron chi connectivity index (χ0n) is 12.2. The van der Waals surface area contributed by atoms with Gasteiger partial charge in [0.2, 0.25) is 0 Å². The highest BCUT2D eigenvalue weighted by Gasteiger charge is 2.43. The van der Waals surface area contributed by atoms with Crippen LogP contribution in [0.25, 0.3) is 0 Å². The van der Waals surface area contributed by atoms with Crippen LogP contribution in [0.4, 0.5) is 0 Å². The lowest BCUT2D eigenvalue weighted by molar-refractivity contribution is -0.0119. The Morgan fingerprint density at radius 3 is 2.78 bits per heavy atom. The maximum Gasteiger partial charge on any atom is 0.0513 e. The Kier molecular flexibility index (Phi) is 5.05. The van der Waals surface area contributed by atoms with E-state index >= 15 is 0 Å². The molecule has 2 N–H and O–H groups in total. The Hall–Kier alpha value is -0.120. The molecule has 106 valence electrons. The molecular weight excluding hydrogens is 224 g/mol. The maximum absolute atomic E-state index is 6.18. The summed E-state index contributed by atoms with van der Waals surface area (Å²) in [6, 6.07) is 0.748. The van der Waals surface area contributed by atoms with Gasteiger partial charge < -0.3 is 10.5 Å². The number of nitrogens with zero attached hydrogens (tertiary/aromatic N) is 1. The molecule has 3 atom stereocenters. The topological polar surface area (TPSA) is 38.5 Å². The molecule has 2 aliphatic rings. The van der Waals surface area contributed by atoms with Crippen LogP contribution < -0.4 is 5.73 Å². The lowest BCUT2D eigenvalue weighted by atomic mass is 9.80. The SMILES string of the molecule is CCCC1CCCCN1C(C)(CN)C1CCOC1. The molecule has 0 aromatic heterocycles. The van der Waals surface area contributed by atoms with Crippen LogP contribution >= 0.6 is 0 Å². The van der Waals surface area contributed by atoms with Crippen molar-refractivity contribution < 1.29 is 4.74 Å². The van der Waals surface area contributed by atoms with E-state index in [1.165, 1.54) is 45.1 Å². The summed E-state index contributed by atoms with van der Waals surface area (Å²) in [7, 11) is 0. The standard InChI is InChI=1S/C15H30N2O/c1-3-6-14-7-4-5-9-17(14)15(2,12-16)13-8-10-18-11-13/h13-14H,3-12,16H2,1-2H3. The lowest BCUT2D eigenvalue weighted by Gasteiger charge is -2.50. The fourth-order valence-electron chi connectivity index (χ4n) is 3.85. The van der Waals surface area contributed by atoms with Crippen LogP contribution in [0.15, 0.2) is 0 Å². The Bertz CT molecular complexity index is 251. The van der Waals surface area contributed by atoms with Crippen molar-refractivity contribution in [2.75, 3.05) is 26.3 Å². The van der Waals surface area contributed by atoms with Gasteiger partial charge in [-0.1, -0.05) is 19.8 Å². The number of piperidine rings is 1. The summed E-state index contributed by atoms with van der Waals surface area (Å²) in [4.78, 5) is 2.74. The second-order valence-corrected chi connectivity index (χ2v) is 6.25. The van der Waals surface area contributed by atoms with Gasteiger partial charge in [-0.25, -0.2) is 0 Å². The van der Waals surface area contributed by atoms with Crippen molar-refractivity contribution in [2.45, 2.75) is 64.0 Å². The molecule has 0 bridgehead atoms. The molecule has 3 heteroatoms. The van der Waals surface area contributed by atoms with E-state index in [9.17, 15) is 0 Å². The van der Waals surface area contributed by atoms with Crippen molar-refractivity contribution >= 4 is 0 Å². The minimum atomic E-state index is 0.150. The van der Waals surface area contributed by atoms with Crippen LogP contribution in [0.5, 0.6) is 0 Å². The Balaban J connectivity index is 2.12. The Labute approximate surface area is 112 Å². The average Bonchev–Trinajstić information content (AvgIpc) is 2.93. The highest BCUT2D eigenvalue weighted by Crippen LogP contribution is 2.36. The fraction of sp³-hybridized carbons (Fsp3) is 1.00. The molecule has 2 rings (SSSR count). The van der Waals surface area contributed by atoms with Gasteiger partial charge in [0, 0.05) is 30.7 Å². The lowest BCUT2D eigenvalue weighted by Crippen LogP contribution is -2.61. The molecule has 3 unspecified atom stereocenters. The van der Waals surface area contributed by atoms with Gasteiger partial charge in [-0.3, -0.25) is 4.90 Å². The summed E-state index contributed by atoms with van der Waals surface area (Å²) in [5, 5.41) is 0. The molecule has 0 spiro atoms. The van der Waals surface area contributed by atoms with Crippen LogP contribution in [0.1, 0.15) is 52.4 Å². The van der Waals surface area contributed by atoms with Crippen molar-refractivity contribution in [3.8, 4) is 0 Å². The third-order valence-electron chi connectivity index (χ3n) is 5.13. The first-order valence-corrected chi connectivity index (χ1v) is 7.77. The molecule has 0 radical (unpaired) electrons. The highest BCUT2D eigenvalue weighted by molar-refractivity contribution is 4.99. The van der Waals surface area contributed by atoms with Crippen molar-refractivity contribution in [3.05, 3.63) is 0 Å². The predicted molar refractivity (Wildman–Crippen MR) is 75.6 cm³/mol. The second-order valence-electron chi connectivity index (χ2n) is 6.25. The van der Waals surface area contributed by atoms with E-state index in [0.29, 0.717) is 5.92 Å². The minimum absolute atomic E-state index is 0.150. The number of ether oxygens (including phenoxy) is 1. The number of likely N-dealkylation sites (tertiary alicyclic amines) is 1. The van der Waals surface area contributed by atoms with E-state index in [2.05, 4.69) is 18.7 Å². The third-order valence-corrected chi connectivity index (χ3v) is 5.13. The van der Waals surface area contributed by atoms with E-state index in [4.69, 9.17) is 10.5 Å². The zero-order chi connectivity index (χ0) is 13.0. The molecule has 2 aliphatic heterocycles. The highest BCUT2D eigenvalue weighted by atomic mass is 16.5. The first-order chi connectivity index (χ1) is 8.72. The van der Waals surface area contributed by atoms with Gasteiger partial charge in [0.05, 0.1) is 6.61 Å². The van der Waals surface area contributed by atoms with Crippen LogP contribution in [0.2, 0.25) is 0 Å². The molecule has 0 amide bonds. The molecule has 0 saturated carbocycles. The van der Waals surface area contributed by atoms with Crippen LogP contribution in [-0.4, -0.2) is 42.8 Å². The van der Waals surface area contributed by atoms with Crippen molar-refractivity contribution in [2.24, 2.45) is 11.7 Å². The summed E-state index contributed by atoms with van der Waals surface area (Å²) in [6.45, 7) is 8.50. The van der Waals surface area contributed by atoms with Crippen LogP contribution in [0.3, 0.4) is 0 Å². The number of hydrogen-bond acceptors (Lipinski definition) is 3. The van der Waals surface area contributed by atoms with Gasteiger partial charge in [0.1, 0.15) is 0 Å². The molecular formula is C15H30N2O. The molecule has 2 fully saturated rings. The Morgan fingerprint density at radius 2 is 2.17 bits per heavy atom. The molecule has 2 saturated heterocycles. The molecule has 18 heavy (non-hydrogen) atoms. The smallest absolute Gasteiger partial charge is 0.0513 e. The van der Waals surface area contributed by atoms with Crippen LogP contribution in [0, 0.1) is 5.92 Å². The number of nitrogens with two attached hydrogens (primary N) is 1. The summed E-state index contributed by atoms with van der Waals surface area (Å²) in [5.41, 5.74) is 6.33. The van der Waals surface area contributed by atoms with Gasteiger partial charge in [-0.2, -0.15) is 0 Å². The van der Waals surface area contributed by atoms with E-state index < -0.39 is 0 Å². The first kappa shape index (κ1) is 14.3.